The molecular formula is C12H13Cl2N2O. The molecule has 0 unspecified atom stereocenters. The van der Waals surface area contributed by atoms with Crippen LogP contribution in [-0.4, -0.2) is 48.9 Å². The van der Waals surface area contributed by atoms with Gasteiger partial charge in [0, 0.05) is 32.2 Å². The van der Waals surface area contributed by atoms with E-state index in [1.807, 2.05) is 7.05 Å². The maximum atomic E-state index is 12.3. The van der Waals surface area contributed by atoms with E-state index in [1.54, 1.807) is 17.0 Å². The minimum absolute atomic E-state index is 0.107. The van der Waals surface area contributed by atoms with Crippen LogP contribution in [0, 0.1) is 6.07 Å². The van der Waals surface area contributed by atoms with E-state index in [2.05, 4.69) is 11.0 Å². The highest BCUT2D eigenvalue weighted by atomic mass is 35.5. The summed E-state index contributed by atoms with van der Waals surface area (Å²) in [4.78, 5) is 16.2. The van der Waals surface area contributed by atoms with Crippen molar-refractivity contribution in [1.29, 1.82) is 0 Å². The molecule has 1 aliphatic heterocycles. The molecule has 0 bridgehead atoms. The highest BCUT2D eigenvalue weighted by Crippen LogP contribution is 2.25. The maximum absolute atomic E-state index is 12.3. The van der Waals surface area contributed by atoms with Gasteiger partial charge in [0.15, 0.2) is 0 Å². The third-order valence-corrected chi connectivity index (χ3v) is 3.52. The first kappa shape index (κ1) is 12.7. The van der Waals surface area contributed by atoms with Crippen molar-refractivity contribution >= 4 is 29.1 Å². The van der Waals surface area contributed by atoms with E-state index in [0.29, 0.717) is 28.7 Å². The SMILES string of the molecule is CN1CCN(C(=O)c2c(Cl)[c]ccc2Cl)CC1. The van der Waals surface area contributed by atoms with Crippen LogP contribution in [0.4, 0.5) is 0 Å². The number of amides is 1. The number of carbonyl (C=O) groups is 1. The molecule has 17 heavy (non-hydrogen) atoms. The smallest absolute Gasteiger partial charge is 0.256 e. The molecule has 1 amide bonds. The lowest BCUT2D eigenvalue weighted by Crippen LogP contribution is -2.47. The number of hydrogen-bond acceptors (Lipinski definition) is 2. The Morgan fingerprint density at radius 2 is 1.94 bits per heavy atom. The molecule has 1 saturated heterocycles. The summed E-state index contributed by atoms with van der Waals surface area (Å²) in [6.07, 6.45) is 0. The van der Waals surface area contributed by atoms with Crippen LogP contribution in [-0.2, 0) is 0 Å². The number of halogens is 2. The van der Waals surface area contributed by atoms with Crippen molar-refractivity contribution in [1.82, 2.24) is 9.80 Å². The normalized spacial score (nSPS) is 17.2. The molecule has 91 valence electrons. The first-order valence-electron chi connectivity index (χ1n) is 5.43. The molecule has 0 N–H and O–H groups in total. The van der Waals surface area contributed by atoms with Crippen LogP contribution in [0.25, 0.3) is 0 Å². The summed E-state index contributed by atoms with van der Waals surface area (Å²) >= 11 is 12.0. The summed E-state index contributed by atoms with van der Waals surface area (Å²) in [7, 11) is 2.04. The molecule has 0 aliphatic carbocycles. The lowest BCUT2D eigenvalue weighted by Gasteiger charge is -2.32. The van der Waals surface area contributed by atoms with Crippen molar-refractivity contribution in [2.75, 3.05) is 33.2 Å². The maximum Gasteiger partial charge on any atom is 0.256 e. The van der Waals surface area contributed by atoms with Gasteiger partial charge in [-0.3, -0.25) is 4.79 Å². The number of hydrogen-bond donors (Lipinski definition) is 0. The Balaban J connectivity index is 2.20. The third-order valence-electron chi connectivity index (χ3n) is 2.90. The van der Waals surface area contributed by atoms with Crippen LogP contribution in [0.1, 0.15) is 10.4 Å². The fourth-order valence-electron chi connectivity index (χ4n) is 1.81. The Bertz CT molecular complexity index is 408. The largest absolute Gasteiger partial charge is 0.336 e. The van der Waals surface area contributed by atoms with Crippen LogP contribution in [0.15, 0.2) is 12.1 Å². The number of carbonyl (C=O) groups excluding carboxylic acids is 1. The van der Waals surface area contributed by atoms with Gasteiger partial charge in [0.1, 0.15) is 0 Å². The van der Waals surface area contributed by atoms with Gasteiger partial charge in [0.25, 0.3) is 5.91 Å². The number of likely N-dealkylation sites (N-methyl/N-ethyl adjacent to an activating group) is 1. The molecule has 1 aromatic carbocycles. The van der Waals surface area contributed by atoms with Crippen molar-refractivity contribution in [2.45, 2.75) is 0 Å². The van der Waals surface area contributed by atoms with Gasteiger partial charge < -0.3 is 9.80 Å². The van der Waals surface area contributed by atoms with E-state index in [-0.39, 0.29) is 5.91 Å². The average molecular weight is 272 g/mol. The first-order chi connectivity index (χ1) is 8.09. The van der Waals surface area contributed by atoms with Gasteiger partial charge in [-0.1, -0.05) is 29.3 Å². The molecule has 1 aliphatic rings. The number of nitrogens with zero attached hydrogens (tertiary/aromatic N) is 2. The molecule has 1 heterocycles. The first-order valence-corrected chi connectivity index (χ1v) is 6.18. The molecule has 2 rings (SSSR count). The predicted octanol–water partition coefficient (Wildman–Crippen LogP) is 2.18. The standard InChI is InChI=1S/C12H13Cl2N2O/c1-15-5-7-16(8-6-15)12(17)11-9(13)3-2-4-10(11)14/h2-3H,5-8H2,1H3. The Kier molecular flexibility index (Phi) is 3.92. The van der Waals surface area contributed by atoms with E-state index in [1.165, 1.54) is 0 Å². The fourth-order valence-corrected chi connectivity index (χ4v) is 2.34. The molecule has 1 aromatic rings. The van der Waals surface area contributed by atoms with E-state index < -0.39 is 0 Å². The van der Waals surface area contributed by atoms with Crippen LogP contribution >= 0.6 is 23.2 Å². The fraction of sp³-hybridized carbons (Fsp3) is 0.417. The lowest BCUT2D eigenvalue weighted by molar-refractivity contribution is 0.0664. The Morgan fingerprint density at radius 1 is 1.29 bits per heavy atom. The Morgan fingerprint density at radius 3 is 2.53 bits per heavy atom. The molecule has 1 fully saturated rings. The quantitative estimate of drug-likeness (QED) is 0.782. The Hall–Kier alpha value is -0.770. The lowest BCUT2D eigenvalue weighted by atomic mass is 10.2. The van der Waals surface area contributed by atoms with Gasteiger partial charge in [0.2, 0.25) is 0 Å². The van der Waals surface area contributed by atoms with Gasteiger partial charge in [-0.15, -0.1) is 0 Å². The zero-order valence-corrected chi connectivity index (χ0v) is 11.1. The predicted molar refractivity (Wildman–Crippen MR) is 68.7 cm³/mol. The molecular weight excluding hydrogens is 259 g/mol. The van der Waals surface area contributed by atoms with Crippen molar-refractivity contribution in [3.8, 4) is 0 Å². The highest BCUT2D eigenvalue weighted by Gasteiger charge is 2.23. The summed E-state index contributed by atoms with van der Waals surface area (Å²) in [6.45, 7) is 3.16. The number of piperazine rings is 1. The minimum Gasteiger partial charge on any atom is -0.336 e. The zero-order chi connectivity index (χ0) is 12.4. The van der Waals surface area contributed by atoms with E-state index in [4.69, 9.17) is 23.2 Å². The van der Waals surface area contributed by atoms with Gasteiger partial charge in [-0.25, -0.2) is 0 Å². The molecule has 0 atom stereocenters. The molecule has 0 saturated carbocycles. The monoisotopic (exact) mass is 271 g/mol. The molecule has 0 spiro atoms. The van der Waals surface area contributed by atoms with Crippen molar-refractivity contribution in [3.05, 3.63) is 33.8 Å². The summed E-state index contributed by atoms with van der Waals surface area (Å²) in [5, 5.41) is 0.680. The van der Waals surface area contributed by atoms with E-state index in [9.17, 15) is 4.79 Å². The van der Waals surface area contributed by atoms with E-state index >= 15 is 0 Å². The van der Waals surface area contributed by atoms with Crippen LogP contribution in [0.3, 0.4) is 0 Å². The second-order valence-corrected chi connectivity index (χ2v) is 4.90. The average Bonchev–Trinajstić information content (AvgIpc) is 2.29. The molecule has 3 nitrogen and oxygen atoms in total. The molecule has 0 aromatic heterocycles. The summed E-state index contributed by atoms with van der Waals surface area (Å²) in [5.41, 5.74) is 0.361. The summed E-state index contributed by atoms with van der Waals surface area (Å²) < 4.78 is 0. The van der Waals surface area contributed by atoms with Crippen molar-refractivity contribution in [2.24, 2.45) is 0 Å². The number of benzene rings is 1. The second kappa shape index (κ2) is 5.25. The summed E-state index contributed by atoms with van der Waals surface area (Å²) in [5.74, 6) is -0.107. The highest BCUT2D eigenvalue weighted by molar-refractivity contribution is 6.39. The Labute approximate surface area is 111 Å². The zero-order valence-electron chi connectivity index (χ0n) is 9.54. The summed E-state index contributed by atoms with van der Waals surface area (Å²) in [6, 6.07) is 6.04. The third kappa shape index (κ3) is 2.73. The van der Waals surface area contributed by atoms with Crippen LogP contribution in [0.2, 0.25) is 10.0 Å². The van der Waals surface area contributed by atoms with Crippen LogP contribution in [0.5, 0.6) is 0 Å². The molecule has 5 heteroatoms. The van der Waals surface area contributed by atoms with Gasteiger partial charge in [-0.2, -0.15) is 0 Å². The van der Waals surface area contributed by atoms with Gasteiger partial charge in [0.05, 0.1) is 15.6 Å². The number of rotatable bonds is 1. The van der Waals surface area contributed by atoms with Crippen molar-refractivity contribution < 1.29 is 4.79 Å². The van der Waals surface area contributed by atoms with Gasteiger partial charge in [-0.05, 0) is 13.1 Å². The second-order valence-electron chi connectivity index (χ2n) is 4.11. The van der Waals surface area contributed by atoms with Crippen LogP contribution < -0.4 is 0 Å². The molecule has 1 radical (unpaired) electrons. The van der Waals surface area contributed by atoms with E-state index in [0.717, 1.165) is 13.1 Å². The van der Waals surface area contributed by atoms with Gasteiger partial charge >= 0.3 is 0 Å². The van der Waals surface area contributed by atoms with Crippen molar-refractivity contribution in [3.63, 3.8) is 0 Å². The topological polar surface area (TPSA) is 23.6 Å². The minimum atomic E-state index is -0.107.